The zero-order valence-electron chi connectivity index (χ0n) is 19.9. The predicted octanol–water partition coefficient (Wildman–Crippen LogP) is 4.56. The number of pyridine rings is 1. The molecule has 0 aliphatic carbocycles. The lowest BCUT2D eigenvalue weighted by Crippen LogP contribution is -2.15. The zero-order chi connectivity index (χ0) is 25.4. The Morgan fingerprint density at radius 2 is 1.94 bits per heavy atom. The molecule has 5 rings (SSSR count). The van der Waals surface area contributed by atoms with Crippen molar-refractivity contribution in [3.8, 4) is 17.0 Å². The van der Waals surface area contributed by atoms with E-state index in [9.17, 15) is 17.6 Å². The number of halogens is 1. The van der Waals surface area contributed by atoms with E-state index in [4.69, 9.17) is 4.74 Å². The standard InChI is InChI=1S/C26H25FN4O4S/c1-3-35-19-10-8-17(9-11-19)28-26(32)21-14-23(20-6-4-5-7-22(20)27)29-25-24(21)16(2)30-31(25)18-12-13-36(33,34)15-18/h4-11,14,18H,3,12-13,15H2,1-2H3,(H,28,32). The van der Waals surface area contributed by atoms with E-state index in [1.54, 1.807) is 60.1 Å². The van der Waals surface area contributed by atoms with Crippen molar-refractivity contribution in [3.05, 3.63) is 71.7 Å². The van der Waals surface area contributed by atoms with E-state index in [1.165, 1.54) is 6.07 Å². The number of hydrogen-bond acceptors (Lipinski definition) is 6. The van der Waals surface area contributed by atoms with E-state index in [-0.39, 0.29) is 28.3 Å². The maximum absolute atomic E-state index is 14.7. The number of fused-ring (bicyclic) bond motifs is 1. The van der Waals surface area contributed by atoms with Gasteiger partial charge in [0.15, 0.2) is 15.5 Å². The lowest BCUT2D eigenvalue weighted by atomic mass is 10.0. The van der Waals surface area contributed by atoms with Gasteiger partial charge in [0.05, 0.1) is 46.5 Å². The molecule has 1 aliphatic rings. The van der Waals surface area contributed by atoms with Gasteiger partial charge in [-0.15, -0.1) is 0 Å². The van der Waals surface area contributed by atoms with Crippen LogP contribution in [0.15, 0.2) is 54.6 Å². The van der Waals surface area contributed by atoms with Gasteiger partial charge in [-0.25, -0.2) is 22.5 Å². The Hall–Kier alpha value is -3.79. The lowest BCUT2D eigenvalue weighted by Gasteiger charge is -2.13. The number of aryl methyl sites for hydroxylation is 1. The van der Waals surface area contributed by atoms with E-state index in [1.807, 2.05) is 6.92 Å². The summed E-state index contributed by atoms with van der Waals surface area (Å²) in [5, 5.41) is 7.96. The van der Waals surface area contributed by atoms with E-state index in [2.05, 4.69) is 15.4 Å². The molecule has 4 aromatic rings. The number of nitrogens with one attached hydrogen (secondary N) is 1. The highest BCUT2D eigenvalue weighted by Crippen LogP contribution is 2.33. The third-order valence-electron chi connectivity index (χ3n) is 6.21. The number of hydrogen-bond donors (Lipinski definition) is 1. The maximum atomic E-state index is 14.7. The van der Waals surface area contributed by atoms with Crippen LogP contribution in [-0.2, 0) is 9.84 Å². The Kier molecular flexibility index (Phi) is 6.21. The fourth-order valence-electron chi connectivity index (χ4n) is 4.52. The van der Waals surface area contributed by atoms with E-state index in [0.717, 1.165) is 0 Å². The molecular weight excluding hydrogens is 483 g/mol. The van der Waals surface area contributed by atoms with Gasteiger partial charge in [0.25, 0.3) is 5.91 Å². The van der Waals surface area contributed by atoms with Crippen LogP contribution in [0, 0.1) is 12.7 Å². The first kappa shape index (κ1) is 23.9. The van der Waals surface area contributed by atoms with E-state index in [0.29, 0.717) is 41.2 Å². The lowest BCUT2D eigenvalue weighted by molar-refractivity contribution is 0.102. The molecule has 36 heavy (non-hydrogen) atoms. The average Bonchev–Trinajstić information content (AvgIpc) is 3.39. The third kappa shape index (κ3) is 4.56. The molecular formula is C26H25FN4O4S. The van der Waals surface area contributed by atoms with Crippen molar-refractivity contribution in [2.24, 2.45) is 0 Å². The van der Waals surface area contributed by atoms with Gasteiger partial charge in [-0.1, -0.05) is 12.1 Å². The second-order valence-corrected chi connectivity index (χ2v) is 11.0. The topological polar surface area (TPSA) is 103 Å². The normalized spacial score (nSPS) is 16.8. The van der Waals surface area contributed by atoms with Crippen molar-refractivity contribution in [1.82, 2.24) is 14.8 Å². The van der Waals surface area contributed by atoms with Gasteiger partial charge in [-0.05, 0) is 62.7 Å². The molecule has 0 spiro atoms. The van der Waals surface area contributed by atoms with Gasteiger partial charge in [-0.2, -0.15) is 5.10 Å². The van der Waals surface area contributed by atoms with Crippen molar-refractivity contribution >= 4 is 32.5 Å². The largest absolute Gasteiger partial charge is 0.494 e. The van der Waals surface area contributed by atoms with Gasteiger partial charge >= 0.3 is 0 Å². The Labute approximate surface area is 208 Å². The summed E-state index contributed by atoms with van der Waals surface area (Å²) in [6, 6.07) is 14.3. The summed E-state index contributed by atoms with van der Waals surface area (Å²) in [5.41, 5.74) is 2.23. The number of sulfone groups is 1. The summed E-state index contributed by atoms with van der Waals surface area (Å²) in [6.07, 6.45) is 0.401. The third-order valence-corrected chi connectivity index (χ3v) is 7.96. The summed E-state index contributed by atoms with van der Waals surface area (Å²) >= 11 is 0. The number of ether oxygens (including phenoxy) is 1. The molecule has 10 heteroatoms. The number of carbonyl (C=O) groups is 1. The molecule has 1 fully saturated rings. The summed E-state index contributed by atoms with van der Waals surface area (Å²) in [6.45, 7) is 4.17. The summed E-state index contributed by atoms with van der Waals surface area (Å²) in [4.78, 5) is 18.2. The fraction of sp³-hybridized carbons (Fsp3) is 0.269. The van der Waals surface area contributed by atoms with Crippen LogP contribution in [0.3, 0.4) is 0 Å². The SMILES string of the molecule is CCOc1ccc(NC(=O)c2cc(-c3ccccc3F)nc3c2c(C)nn3C2CCS(=O)(=O)C2)cc1. The van der Waals surface area contributed by atoms with Crippen molar-refractivity contribution < 1.29 is 22.3 Å². The first-order valence-electron chi connectivity index (χ1n) is 11.6. The van der Waals surface area contributed by atoms with Crippen LogP contribution >= 0.6 is 0 Å². The van der Waals surface area contributed by atoms with Gasteiger partial charge in [0.2, 0.25) is 0 Å². The predicted molar refractivity (Wildman–Crippen MR) is 136 cm³/mol. The Balaban J connectivity index is 1.63. The Morgan fingerprint density at radius 3 is 2.61 bits per heavy atom. The van der Waals surface area contributed by atoms with Crippen molar-refractivity contribution in [1.29, 1.82) is 0 Å². The maximum Gasteiger partial charge on any atom is 0.256 e. The average molecular weight is 509 g/mol. The van der Waals surface area contributed by atoms with Gasteiger partial charge < -0.3 is 10.1 Å². The minimum absolute atomic E-state index is 0.0530. The molecule has 0 saturated carbocycles. The minimum Gasteiger partial charge on any atom is -0.494 e. The highest BCUT2D eigenvalue weighted by molar-refractivity contribution is 7.91. The van der Waals surface area contributed by atoms with Crippen LogP contribution in [0.1, 0.15) is 35.4 Å². The number of anilines is 1. The molecule has 0 bridgehead atoms. The van der Waals surface area contributed by atoms with Crippen LogP contribution < -0.4 is 10.1 Å². The van der Waals surface area contributed by atoms with Crippen molar-refractivity contribution in [2.75, 3.05) is 23.4 Å². The van der Waals surface area contributed by atoms with Gasteiger partial charge in [0.1, 0.15) is 11.6 Å². The molecule has 2 aromatic carbocycles. The highest BCUT2D eigenvalue weighted by atomic mass is 32.2. The van der Waals surface area contributed by atoms with Gasteiger partial charge in [0, 0.05) is 11.3 Å². The zero-order valence-corrected chi connectivity index (χ0v) is 20.7. The molecule has 1 saturated heterocycles. The number of rotatable bonds is 6. The minimum atomic E-state index is -3.19. The quantitative estimate of drug-likeness (QED) is 0.410. The Morgan fingerprint density at radius 1 is 1.19 bits per heavy atom. The number of aromatic nitrogens is 3. The van der Waals surface area contributed by atoms with Crippen LogP contribution in [0.4, 0.5) is 10.1 Å². The van der Waals surface area contributed by atoms with Crippen LogP contribution in [-0.4, -0.2) is 47.2 Å². The molecule has 3 heterocycles. The molecule has 8 nitrogen and oxygen atoms in total. The second-order valence-electron chi connectivity index (χ2n) is 8.73. The number of benzene rings is 2. The van der Waals surface area contributed by atoms with Crippen LogP contribution in [0.25, 0.3) is 22.3 Å². The number of nitrogens with zero attached hydrogens (tertiary/aromatic N) is 3. The molecule has 186 valence electrons. The first-order chi connectivity index (χ1) is 17.3. The number of amides is 1. The van der Waals surface area contributed by atoms with E-state index < -0.39 is 27.6 Å². The first-order valence-corrected chi connectivity index (χ1v) is 13.5. The molecule has 1 aliphatic heterocycles. The van der Waals surface area contributed by atoms with E-state index >= 15 is 0 Å². The summed E-state index contributed by atoms with van der Waals surface area (Å²) in [5.74, 6) is -0.190. The molecule has 1 unspecified atom stereocenters. The van der Waals surface area contributed by atoms with Crippen molar-refractivity contribution in [2.45, 2.75) is 26.3 Å². The summed E-state index contributed by atoms with van der Waals surface area (Å²) < 4.78 is 46.0. The number of carbonyl (C=O) groups excluding carboxylic acids is 1. The smallest absolute Gasteiger partial charge is 0.256 e. The molecule has 1 amide bonds. The van der Waals surface area contributed by atoms with Gasteiger partial charge in [-0.3, -0.25) is 4.79 Å². The molecule has 1 atom stereocenters. The molecule has 1 N–H and O–H groups in total. The molecule has 0 radical (unpaired) electrons. The second kappa shape index (κ2) is 9.34. The van der Waals surface area contributed by atoms with Crippen LogP contribution in [0.5, 0.6) is 5.75 Å². The van der Waals surface area contributed by atoms with Crippen molar-refractivity contribution in [3.63, 3.8) is 0 Å². The monoisotopic (exact) mass is 508 g/mol. The molecule has 2 aromatic heterocycles. The fourth-order valence-corrected chi connectivity index (χ4v) is 6.21. The highest BCUT2D eigenvalue weighted by Gasteiger charge is 2.32. The van der Waals surface area contributed by atoms with Crippen LogP contribution in [0.2, 0.25) is 0 Å². The summed E-state index contributed by atoms with van der Waals surface area (Å²) in [7, 11) is -3.19. The Bertz CT molecular complexity index is 1570.